The molecule has 1 heterocycles. The van der Waals surface area contributed by atoms with Crippen LogP contribution in [0.2, 0.25) is 0 Å². The van der Waals surface area contributed by atoms with Gasteiger partial charge in [-0.1, -0.05) is 77.6 Å². The highest BCUT2D eigenvalue weighted by Crippen LogP contribution is 2.43. The molecule has 1 aromatic rings. The lowest BCUT2D eigenvalue weighted by molar-refractivity contribution is -0.122. The smallest absolute Gasteiger partial charge is 0.238 e. The van der Waals surface area contributed by atoms with Crippen molar-refractivity contribution in [1.29, 1.82) is 0 Å². The Morgan fingerprint density at radius 3 is 1.91 bits per heavy atom. The minimum absolute atomic E-state index is 0.0103. The number of methoxy groups -OCH3 is 3. The minimum atomic E-state index is -0.189. The lowest BCUT2D eigenvalue weighted by atomic mass is 10.1. The summed E-state index contributed by atoms with van der Waals surface area (Å²) in [6, 6.07) is 3.70. The maximum Gasteiger partial charge on any atom is 0.238 e. The molecule has 1 amide bonds. The second-order valence-electron chi connectivity index (χ2n) is 9.07. The summed E-state index contributed by atoms with van der Waals surface area (Å²) in [5.41, 5.74) is 1.01. The van der Waals surface area contributed by atoms with Crippen molar-refractivity contribution in [2.75, 3.05) is 33.6 Å². The number of hydrogen-bond acceptors (Lipinski definition) is 6. The SMILES string of the molecule is CCCCCCCCCCCCCCNC(=O)[C@H]1CSC(c2cc(OC)c(OC)c(OC)c2)N1. The monoisotopic (exact) mass is 494 g/mol. The van der Waals surface area contributed by atoms with Crippen LogP contribution in [0.25, 0.3) is 0 Å². The number of ether oxygens (including phenoxy) is 3. The topological polar surface area (TPSA) is 68.8 Å². The van der Waals surface area contributed by atoms with E-state index in [2.05, 4.69) is 17.6 Å². The van der Waals surface area contributed by atoms with Gasteiger partial charge in [-0.05, 0) is 24.1 Å². The van der Waals surface area contributed by atoms with Crippen LogP contribution in [0.5, 0.6) is 17.2 Å². The first-order valence-corrected chi connectivity index (χ1v) is 14.1. The maximum atomic E-state index is 12.6. The zero-order valence-corrected chi connectivity index (χ0v) is 22.6. The fraction of sp³-hybridized carbons (Fsp3) is 0.741. The number of nitrogens with one attached hydrogen (secondary N) is 2. The largest absolute Gasteiger partial charge is 0.493 e. The Balaban J connectivity index is 1.60. The first-order chi connectivity index (χ1) is 16.6. The fourth-order valence-electron chi connectivity index (χ4n) is 4.37. The van der Waals surface area contributed by atoms with Crippen molar-refractivity contribution in [3.05, 3.63) is 17.7 Å². The van der Waals surface area contributed by atoms with Crippen molar-refractivity contribution in [3.63, 3.8) is 0 Å². The summed E-state index contributed by atoms with van der Waals surface area (Å²) >= 11 is 1.72. The highest BCUT2D eigenvalue weighted by Gasteiger charge is 2.31. The third-order valence-corrected chi connectivity index (χ3v) is 7.69. The van der Waals surface area contributed by atoms with Crippen LogP contribution in [-0.2, 0) is 4.79 Å². The van der Waals surface area contributed by atoms with Crippen molar-refractivity contribution >= 4 is 17.7 Å². The highest BCUT2D eigenvalue weighted by molar-refractivity contribution is 7.99. The quantitative estimate of drug-likeness (QED) is 0.236. The molecule has 2 atom stereocenters. The van der Waals surface area contributed by atoms with E-state index in [0.29, 0.717) is 17.2 Å². The van der Waals surface area contributed by atoms with E-state index in [-0.39, 0.29) is 17.3 Å². The molecular weight excluding hydrogens is 448 g/mol. The molecule has 1 aliphatic heterocycles. The van der Waals surface area contributed by atoms with Gasteiger partial charge < -0.3 is 19.5 Å². The van der Waals surface area contributed by atoms with Gasteiger partial charge in [-0.25, -0.2) is 0 Å². The molecule has 194 valence electrons. The molecule has 0 bridgehead atoms. The predicted molar refractivity (Wildman–Crippen MR) is 142 cm³/mol. The average molecular weight is 495 g/mol. The van der Waals surface area contributed by atoms with Crippen LogP contribution >= 0.6 is 11.8 Å². The average Bonchev–Trinajstić information content (AvgIpc) is 3.36. The molecular formula is C27H46N2O4S. The molecule has 34 heavy (non-hydrogen) atoms. The first kappa shape index (κ1) is 28.6. The number of carbonyl (C=O) groups is 1. The molecule has 0 spiro atoms. The van der Waals surface area contributed by atoms with Gasteiger partial charge in [0.05, 0.1) is 32.7 Å². The number of amides is 1. The van der Waals surface area contributed by atoms with Crippen molar-refractivity contribution in [2.24, 2.45) is 0 Å². The molecule has 0 radical (unpaired) electrons. The van der Waals surface area contributed by atoms with E-state index >= 15 is 0 Å². The number of unbranched alkanes of at least 4 members (excludes halogenated alkanes) is 11. The summed E-state index contributed by atoms with van der Waals surface area (Å²) < 4.78 is 16.3. The van der Waals surface area contributed by atoms with E-state index in [1.165, 1.54) is 70.6 Å². The molecule has 7 heteroatoms. The molecule has 1 aromatic carbocycles. The van der Waals surface area contributed by atoms with Gasteiger partial charge in [-0.15, -0.1) is 11.8 Å². The zero-order chi connectivity index (χ0) is 24.6. The molecule has 1 saturated heterocycles. The van der Waals surface area contributed by atoms with Crippen LogP contribution in [-0.4, -0.2) is 45.6 Å². The third-order valence-electron chi connectivity index (χ3n) is 6.42. The van der Waals surface area contributed by atoms with Gasteiger partial charge in [0.15, 0.2) is 11.5 Å². The number of thioether (sulfide) groups is 1. The summed E-state index contributed by atoms with van der Waals surface area (Å²) in [6.07, 6.45) is 15.9. The van der Waals surface area contributed by atoms with Crippen LogP contribution in [0.15, 0.2) is 12.1 Å². The molecule has 6 nitrogen and oxygen atoms in total. The van der Waals surface area contributed by atoms with Crippen LogP contribution in [0.1, 0.15) is 94.9 Å². The molecule has 0 aliphatic carbocycles. The van der Waals surface area contributed by atoms with Crippen LogP contribution in [0, 0.1) is 0 Å². The number of hydrogen-bond donors (Lipinski definition) is 2. The van der Waals surface area contributed by atoms with Gasteiger partial charge >= 0.3 is 0 Å². The number of rotatable bonds is 18. The lowest BCUT2D eigenvalue weighted by Crippen LogP contribution is -2.42. The van der Waals surface area contributed by atoms with Gasteiger partial charge in [-0.2, -0.15) is 0 Å². The van der Waals surface area contributed by atoms with E-state index < -0.39 is 0 Å². The van der Waals surface area contributed by atoms with Crippen LogP contribution in [0.3, 0.4) is 0 Å². The molecule has 0 aromatic heterocycles. The van der Waals surface area contributed by atoms with E-state index in [4.69, 9.17) is 14.2 Å². The van der Waals surface area contributed by atoms with Crippen LogP contribution in [0.4, 0.5) is 0 Å². The summed E-state index contributed by atoms with van der Waals surface area (Å²) in [6.45, 7) is 3.03. The fourth-order valence-corrected chi connectivity index (χ4v) is 5.59. The van der Waals surface area contributed by atoms with E-state index in [0.717, 1.165) is 24.3 Å². The predicted octanol–water partition coefficient (Wildman–Crippen LogP) is 6.23. The van der Waals surface area contributed by atoms with Crippen LogP contribution < -0.4 is 24.8 Å². The van der Waals surface area contributed by atoms with Crippen molar-refractivity contribution in [3.8, 4) is 17.2 Å². The van der Waals surface area contributed by atoms with Gasteiger partial charge in [0.1, 0.15) is 0 Å². The Morgan fingerprint density at radius 1 is 0.882 bits per heavy atom. The van der Waals surface area contributed by atoms with E-state index in [1.54, 1.807) is 33.1 Å². The molecule has 2 N–H and O–H groups in total. The standard InChI is InChI=1S/C27H46N2O4S/c1-5-6-7-8-9-10-11-12-13-14-15-16-17-28-26(30)22-20-34-27(29-22)21-18-23(31-2)25(33-4)24(19-21)32-3/h18-19,22,27,29H,5-17,20H2,1-4H3,(H,28,30)/t22-,27?/m1/s1. The summed E-state index contributed by atoms with van der Waals surface area (Å²) in [5, 5.41) is 6.56. The lowest BCUT2D eigenvalue weighted by Gasteiger charge is -2.18. The van der Waals surface area contributed by atoms with Gasteiger partial charge in [0, 0.05) is 12.3 Å². The van der Waals surface area contributed by atoms with Crippen molar-refractivity contribution < 1.29 is 19.0 Å². The highest BCUT2D eigenvalue weighted by atomic mass is 32.2. The Labute approximate surface area is 211 Å². The Morgan fingerprint density at radius 2 is 1.41 bits per heavy atom. The Bertz CT molecular complexity index is 691. The minimum Gasteiger partial charge on any atom is -0.493 e. The van der Waals surface area contributed by atoms with Crippen molar-refractivity contribution in [1.82, 2.24) is 10.6 Å². The van der Waals surface area contributed by atoms with Crippen molar-refractivity contribution in [2.45, 2.75) is 95.4 Å². The molecule has 1 fully saturated rings. The number of benzene rings is 1. The van der Waals surface area contributed by atoms with Gasteiger partial charge in [0.25, 0.3) is 0 Å². The molecule has 2 rings (SSSR count). The summed E-state index contributed by atoms with van der Waals surface area (Å²) in [5.74, 6) is 2.66. The Hall–Kier alpha value is -1.60. The first-order valence-electron chi connectivity index (χ1n) is 13.1. The second-order valence-corrected chi connectivity index (χ2v) is 10.2. The molecule has 1 unspecified atom stereocenters. The van der Waals surface area contributed by atoms with Gasteiger partial charge in [-0.3, -0.25) is 10.1 Å². The Kier molecular flexibility index (Phi) is 14.3. The van der Waals surface area contributed by atoms with Gasteiger partial charge in [0.2, 0.25) is 11.7 Å². The number of carbonyl (C=O) groups excluding carboxylic acids is 1. The van der Waals surface area contributed by atoms with E-state index in [1.807, 2.05) is 12.1 Å². The molecule has 1 aliphatic rings. The second kappa shape index (κ2) is 16.9. The third kappa shape index (κ3) is 9.57. The molecule has 0 saturated carbocycles. The zero-order valence-electron chi connectivity index (χ0n) is 21.8. The summed E-state index contributed by atoms with van der Waals surface area (Å²) in [4.78, 5) is 12.6. The maximum absolute atomic E-state index is 12.6. The normalized spacial score (nSPS) is 17.5. The summed E-state index contributed by atoms with van der Waals surface area (Å²) in [7, 11) is 4.82. The van der Waals surface area contributed by atoms with E-state index in [9.17, 15) is 4.79 Å².